The van der Waals surface area contributed by atoms with E-state index in [1.807, 2.05) is 0 Å². The molecule has 2 heterocycles. The fourth-order valence-electron chi connectivity index (χ4n) is 1.96. The molecule has 20 heavy (non-hydrogen) atoms. The van der Waals surface area contributed by atoms with Gasteiger partial charge in [-0.05, 0) is 19.8 Å². The van der Waals surface area contributed by atoms with Gasteiger partial charge in [-0.15, -0.1) is 0 Å². The summed E-state index contributed by atoms with van der Waals surface area (Å²) in [6, 6.07) is 0. The minimum atomic E-state index is -1.93. The normalized spacial score (nSPS) is 22.2. The molecular formula is C11H16B2N2O5. The van der Waals surface area contributed by atoms with Crippen molar-refractivity contribution in [2.24, 2.45) is 0 Å². The fourth-order valence-corrected chi connectivity index (χ4v) is 1.96. The summed E-state index contributed by atoms with van der Waals surface area (Å²) in [7, 11) is 11.7. The lowest BCUT2D eigenvalue weighted by atomic mass is 9.61. The predicted octanol–water partition coefficient (Wildman–Crippen LogP) is -1.89. The number of aliphatic hydroxyl groups excluding tert-OH is 1. The number of H-pyrrole nitrogens is 1. The molecular weight excluding hydrogens is 262 g/mol. The zero-order valence-electron chi connectivity index (χ0n) is 11.4. The monoisotopic (exact) mass is 278 g/mol. The van der Waals surface area contributed by atoms with Gasteiger partial charge in [-0.1, -0.05) is 0 Å². The molecule has 2 atom stereocenters. The van der Waals surface area contributed by atoms with Crippen LogP contribution in [0, 0.1) is 6.92 Å². The SMILES string of the molecule is CO.[B]C([B])(O)C1CCC(n2cc(C)c(=O)[nH]c2=O)O1. The molecule has 106 valence electrons. The van der Waals surface area contributed by atoms with Crippen LogP contribution >= 0.6 is 0 Å². The Labute approximate surface area is 118 Å². The molecule has 0 aromatic carbocycles. The molecule has 0 saturated carbocycles. The Hall–Kier alpha value is -1.31. The fraction of sp³-hybridized carbons (Fsp3) is 0.636. The number of ether oxygens (including phenoxy) is 1. The third kappa shape index (κ3) is 3.62. The van der Waals surface area contributed by atoms with E-state index in [2.05, 4.69) is 4.98 Å². The van der Waals surface area contributed by atoms with Crippen LogP contribution < -0.4 is 11.2 Å². The molecule has 0 bridgehead atoms. The zero-order chi connectivity index (χ0) is 15.5. The van der Waals surface area contributed by atoms with Gasteiger partial charge in [0.15, 0.2) is 0 Å². The summed E-state index contributed by atoms with van der Waals surface area (Å²) in [6.07, 6.45) is 0.990. The molecule has 1 aliphatic heterocycles. The highest BCUT2D eigenvalue weighted by Gasteiger charge is 2.35. The van der Waals surface area contributed by atoms with Crippen molar-refractivity contribution in [3.05, 3.63) is 32.6 Å². The van der Waals surface area contributed by atoms with Crippen LogP contribution in [0.3, 0.4) is 0 Å². The molecule has 0 spiro atoms. The van der Waals surface area contributed by atoms with E-state index in [4.69, 9.17) is 25.5 Å². The standard InChI is InChI=1S/C10H12B2N2O4.CH4O/c1-5-4-14(9(16)13-8(5)15)7-3-2-6(18-7)10(11,12)17;1-2/h4,6-7,17H,2-3H2,1H3,(H,13,15,16);2H,1H3. The van der Waals surface area contributed by atoms with Gasteiger partial charge in [0.1, 0.15) is 21.9 Å². The van der Waals surface area contributed by atoms with E-state index >= 15 is 0 Å². The van der Waals surface area contributed by atoms with Crippen molar-refractivity contribution in [1.29, 1.82) is 0 Å². The van der Waals surface area contributed by atoms with E-state index in [1.165, 1.54) is 10.8 Å². The first kappa shape index (κ1) is 16.7. The van der Waals surface area contributed by atoms with Gasteiger partial charge in [-0.3, -0.25) is 14.3 Å². The summed E-state index contributed by atoms with van der Waals surface area (Å²) in [6.45, 7) is 1.59. The van der Waals surface area contributed by atoms with Crippen LogP contribution in [0.4, 0.5) is 0 Å². The van der Waals surface area contributed by atoms with E-state index in [0.29, 0.717) is 18.4 Å². The lowest BCUT2D eigenvalue weighted by Crippen LogP contribution is -2.43. The van der Waals surface area contributed by atoms with Crippen molar-refractivity contribution < 1.29 is 14.9 Å². The Balaban J connectivity index is 0.000000956. The lowest BCUT2D eigenvalue weighted by Gasteiger charge is -2.26. The summed E-state index contributed by atoms with van der Waals surface area (Å²) in [5, 5.41) is 14.5. The van der Waals surface area contributed by atoms with E-state index in [9.17, 15) is 14.7 Å². The molecule has 2 rings (SSSR count). The van der Waals surface area contributed by atoms with Crippen LogP contribution in [0.1, 0.15) is 24.6 Å². The molecule has 0 amide bonds. The topological polar surface area (TPSA) is 105 Å². The summed E-state index contributed by atoms with van der Waals surface area (Å²) in [5.41, 5.74) is -0.591. The minimum absolute atomic E-state index is 0.400. The minimum Gasteiger partial charge on any atom is -0.407 e. The Kier molecular flexibility index (Phi) is 5.38. The maximum atomic E-state index is 11.6. The van der Waals surface area contributed by atoms with E-state index in [-0.39, 0.29) is 0 Å². The van der Waals surface area contributed by atoms with Crippen molar-refractivity contribution in [3.8, 4) is 0 Å². The average molecular weight is 278 g/mol. The zero-order valence-corrected chi connectivity index (χ0v) is 11.4. The number of aromatic amines is 1. The number of aliphatic hydroxyl groups is 2. The molecule has 7 nitrogen and oxygen atoms in total. The van der Waals surface area contributed by atoms with E-state index < -0.39 is 29.0 Å². The third-order valence-electron chi connectivity index (χ3n) is 2.97. The first-order valence-electron chi connectivity index (χ1n) is 6.01. The highest BCUT2D eigenvalue weighted by Crippen LogP contribution is 2.30. The average Bonchev–Trinajstić information content (AvgIpc) is 2.85. The first-order valence-corrected chi connectivity index (χ1v) is 6.01. The maximum absolute atomic E-state index is 11.6. The third-order valence-corrected chi connectivity index (χ3v) is 2.97. The van der Waals surface area contributed by atoms with Crippen LogP contribution in [-0.2, 0) is 4.74 Å². The van der Waals surface area contributed by atoms with Gasteiger partial charge in [-0.2, -0.15) is 0 Å². The second-order valence-electron chi connectivity index (χ2n) is 4.52. The second kappa shape index (κ2) is 6.43. The number of nitrogens with zero attached hydrogens (tertiary/aromatic N) is 1. The Morgan fingerprint density at radius 1 is 1.40 bits per heavy atom. The summed E-state index contributed by atoms with van der Waals surface area (Å²) < 4.78 is 6.69. The number of hydrogen-bond acceptors (Lipinski definition) is 5. The molecule has 9 heteroatoms. The van der Waals surface area contributed by atoms with Gasteiger partial charge in [-0.25, -0.2) is 4.79 Å². The maximum Gasteiger partial charge on any atom is 0.330 e. The Morgan fingerprint density at radius 3 is 2.50 bits per heavy atom. The summed E-state index contributed by atoms with van der Waals surface area (Å²) in [5.74, 6) is 0. The Morgan fingerprint density at radius 2 is 2.00 bits per heavy atom. The van der Waals surface area contributed by atoms with Crippen LogP contribution in [0.2, 0.25) is 0 Å². The van der Waals surface area contributed by atoms with Gasteiger partial charge >= 0.3 is 5.69 Å². The van der Waals surface area contributed by atoms with Gasteiger partial charge < -0.3 is 14.9 Å². The van der Waals surface area contributed by atoms with E-state index in [1.54, 1.807) is 6.92 Å². The summed E-state index contributed by atoms with van der Waals surface area (Å²) >= 11 is 0. The van der Waals surface area contributed by atoms with Crippen LogP contribution in [0.25, 0.3) is 0 Å². The molecule has 2 unspecified atom stereocenters. The van der Waals surface area contributed by atoms with Crippen molar-refractivity contribution in [3.63, 3.8) is 0 Å². The number of aromatic nitrogens is 2. The quantitative estimate of drug-likeness (QED) is 0.549. The van der Waals surface area contributed by atoms with Gasteiger partial charge in [0.2, 0.25) is 0 Å². The van der Waals surface area contributed by atoms with Gasteiger partial charge in [0.25, 0.3) is 5.56 Å². The van der Waals surface area contributed by atoms with Crippen molar-refractivity contribution >= 4 is 15.7 Å². The van der Waals surface area contributed by atoms with Crippen molar-refractivity contribution in [1.82, 2.24) is 9.55 Å². The van der Waals surface area contributed by atoms with Crippen LogP contribution in [0.5, 0.6) is 0 Å². The smallest absolute Gasteiger partial charge is 0.330 e. The van der Waals surface area contributed by atoms with Crippen LogP contribution in [0.15, 0.2) is 15.8 Å². The van der Waals surface area contributed by atoms with Crippen molar-refractivity contribution in [2.75, 3.05) is 7.11 Å². The number of hydrogen-bond donors (Lipinski definition) is 3. The molecule has 1 aromatic rings. The molecule has 1 fully saturated rings. The molecule has 0 aliphatic carbocycles. The van der Waals surface area contributed by atoms with Crippen molar-refractivity contribution in [2.45, 2.75) is 37.5 Å². The molecule has 3 N–H and O–H groups in total. The largest absolute Gasteiger partial charge is 0.407 e. The first-order chi connectivity index (χ1) is 9.29. The van der Waals surface area contributed by atoms with Gasteiger partial charge in [0.05, 0.1) is 6.10 Å². The molecule has 1 saturated heterocycles. The van der Waals surface area contributed by atoms with Gasteiger partial charge in [0, 0.05) is 24.3 Å². The molecule has 1 aromatic heterocycles. The van der Waals surface area contributed by atoms with Crippen LogP contribution in [-0.4, -0.2) is 54.1 Å². The Bertz CT molecular complexity index is 563. The second-order valence-corrected chi connectivity index (χ2v) is 4.52. The highest BCUT2D eigenvalue weighted by atomic mass is 16.5. The highest BCUT2D eigenvalue weighted by molar-refractivity contribution is 6.39. The molecule has 1 aliphatic rings. The predicted molar refractivity (Wildman–Crippen MR) is 73.8 cm³/mol. The lowest BCUT2D eigenvalue weighted by molar-refractivity contribution is -0.0503. The number of aryl methyl sites for hydroxylation is 1. The number of rotatable bonds is 2. The summed E-state index contributed by atoms with van der Waals surface area (Å²) in [4.78, 5) is 25.1. The molecule has 4 radical (unpaired) electrons. The number of nitrogens with one attached hydrogen (secondary N) is 1. The van der Waals surface area contributed by atoms with E-state index in [0.717, 1.165) is 7.11 Å².